The third-order valence-corrected chi connectivity index (χ3v) is 6.27. The van der Waals surface area contributed by atoms with Gasteiger partial charge in [0, 0.05) is 31.6 Å². The highest BCUT2D eigenvalue weighted by atomic mass is 16.5. The molecule has 0 fully saturated rings. The highest BCUT2D eigenvalue weighted by Gasteiger charge is 2.34. The Hall–Kier alpha value is -4.53. The molecule has 0 N–H and O–H groups in total. The third-order valence-electron chi connectivity index (χ3n) is 6.27. The zero-order valence-corrected chi connectivity index (χ0v) is 19.9. The molecule has 9 heteroatoms. The minimum absolute atomic E-state index is 0.117. The summed E-state index contributed by atoms with van der Waals surface area (Å²) in [5, 5.41) is 0.502. The molecule has 0 unspecified atom stereocenters. The van der Waals surface area contributed by atoms with Gasteiger partial charge in [-0.25, -0.2) is 9.97 Å². The normalized spacial score (nSPS) is 12.8. The topological polar surface area (TPSA) is 104 Å². The van der Waals surface area contributed by atoms with Crippen molar-refractivity contribution in [1.29, 1.82) is 0 Å². The van der Waals surface area contributed by atoms with Crippen LogP contribution in [0.3, 0.4) is 0 Å². The number of nitrogens with zero attached hydrogens (tertiary/aromatic N) is 4. The average Bonchev–Trinajstić information content (AvgIpc) is 3.16. The monoisotopic (exact) mass is 484 g/mol. The minimum atomic E-state index is -0.334. The van der Waals surface area contributed by atoms with Crippen molar-refractivity contribution in [2.75, 3.05) is 20.8 Å². The maximum Gasteiger partial charge on any atom is 0.261 e. The number of ether oxygens (including phenoxy) is 2. The van der Waals surface area contributed by atoms with Crippen molar-refractivity contribution in [1.82, 2.24) is 19.4 Å². The summed E-state index contributed by atoms with van der Waals surface area (Å²) in [7, 11) is 3.06. The van der Waals surface area contributed by atoms with Gasteiger partial charge in [0.05, 0.1) is 36.2 Å². The Bertz CT molecular complexity index is 1510. The molecule has 0 atom stereocenters. The number of methoxy groups -OCH3 is 2. The number of para-hydroxylation sites is 1. The van der Waals surface area contributed by atoms with Crippen LogP contribution in [0.15, 0.2) is 65.5 Å². The summed E-state index contributed by atoms with van der Waals surface area (Å²) in [6.45, 7) is 0.433. The van der Waals surface area contributed by atoms with Crippen molar-refractivity contribution in [3.8, 4) is 11.6 Å². The van der Waals surface area contributed by atoms with Crippen LogP contribution in [0, 0.1) is 0 Å². The van der Waals surface area contributed by atoms with Crippen LogP contribution in [-0.4, -0.2) is 52.0 Å². The second kappa shape index (κ2) is 9.61. The third kappa shape index (κ3) is 4.08. The van der Waals surface area contributed by atoms with Gasteiger partial charge in [-0.2, -0.15) is 0 Å². The smallest absolute Gasteiger partial charge is 0.261 e. The van der Waals surface area contributed by atoms with Crippen molar-refractivity contribution in [2.45, 2.75) is 19.4 Å². The number of aromatic nitrogens is 3. The number of carbonyl (C=O) groups is 2. The second-order valence-corrected chi connectivity index (χ2v) is 8.32. The number of carbonyl (C=O) groups excluding carboxylic acids is 2. The van der Waals surface area contributed by atoms with Crippen molar-refractivity contribution >= 4 is 22.7 Å². The van der Waals surface area contributed by atoms with Gasteiger partial charge in [-0.1, -0.05) is 24.3 Å². The Morgan fingerprint density at radius 2 is 1.44 bits per heavy atom. The van der Waals surface area contributed by atoms with Gasteiger partial charge in [0.25, 0.3) is 23.3 Å². The molecule has 182 valence electrons. The van der Waals surface area contributed by atoms with Gasteiger partial charge in [0.1, 0.15) is 5.82 Å². The van der Waals surface area contributed by atoms with Crippen molar-refractivity contribution < 1.29 is 19.1 Å². The first-order chi connectivity index (χ1) is 17.5. The molecule has 0 spiro atoms. The number of aryl methyl sites for hydroxylation is 1. The van der Waals surface area contributed by atoms with Gasteiger partial charge in [0.15, 0.2) is 5.75 Å². The molecular weight excluding hydrogens is 460 g/mol. The van der Waals surface area contributed by atoms with E-state index in [1.165, 1.54) is 12.0 Å². The molecule has 3 heterocycles. The molecule has 2 amide bonds. The van der Waals surface area contributed by atoms with Gasteiger partial charge >= 0.3 is 0 Å². The first-order valence-electron chi connectivity index (χ1n) is 11.5. The number of amides is 2. The molecule has 2 aromatic carbocycles. The van der Waals surface area contributed by atoms with Gasteiger partial charge in [-0.05, 0) is 36.4 Å². The molecule has 1 aliphatic heterocycles. The summed E-state index contributed by atoms with van der Waals surface area (Å²) in [5.41, 5.74) is 1.90. The zero-order chi connectivity index (χ0) is 25.2. The molecule has 0 bridgehead atoms. The summed E-state index contributed by atoms with van der Waals surface area (Å²) in [6.07, 6.45) is 0.686. The predicted octanol–water partition coefficient (Wildman–Crippen LogP) is 2.89. The standard InChI is InChI=1S/C27H24N4O5/c1-35-22-12-11-17(28-24(22)36-2)13-15-30-23(29-21-10-6-5-9-20(21)27(30)34)14-16-31-25(32)18-7-3-4-8-19(18)26(31)33/h3-12H,13-16H2,1-2H3. The molecule has 2 aromatic heterocycles. The second-order valence-electron chi connectivity index (χ2n) is 8.32. The fourth-order valence-electron chi connectivity index (χ4n) is 4.42. The van der Waals surface area contributed by atoms with E-state index in [0.29, 0.717) is 52.4 Å². The SMILES string of the molecule is COc1ccc(CCn2c(CCN3C(=O)c4ccccc4C3=O)nc3ccccc3c2=O)nc1OC. The summed E-state index contributed by atoms with van der Waals surface area (Å²) >= 11 is 0. The highest BCUT2D eigenvalue weighted by Crippen LogP contribution is 2.25. The number of hydrogen-bond acceptors (Lipinski definition) is 7. The summed E-state index contributed by atoms with van der Waals surface area (Å²) in [6, 6.07) is 17.5. The van der Waals surface area contributed by atoms with Crippen LogP contribution < -0.4 is 15.0 Å². The number of imide groups is 1. The molecule has 0 saturated heterocycles. The van der Waals surface area contributed by atoms with Crippen LogP contribution in [0.5, 0.6) is 11.6 Å². The minimum Gasteiger partial charge on any atom is -0.491 e. The number of benzene rings is 2. The summed E-state index contributed by atoms with van der Waals surface area (Å²) in [4.78, 5) is 49.4. The van der Waals surface area contributed by atoms with Gasteiger partial charge in [0.2, 0.25) is 0 Å². The highest BCUT2D eigenvalue weighted by molar-refractivity contribution is 6.21. The van der Waals surface area contributed by atoms with E-state index in [1.807, 2.05) is 12.1 Å². The first kappa shape index (κ1) is 23.2. The molecular formula is C27H24N4O5. The molecule has 9 nitrogen and oxygen atoms in total. The Morgan fingerprint density at radius 1 is 0.750 bits per heavy atom. The van der Waals surface area contributed by atoms with E-state index >= 15 is 0 Å². The summed E-state index contributed by atoms with van der Waals surface area (Å²) in [5.74, 6) is 0.715. The van der Waals surface area contributed by atoms with Crippen molar-refractivity contribution in [3.05, 3.63) is 93.7 Å². The van der Waals surface area contributed by atoms with Crippen LogP contribution in [0.4, 0.5) is 0 Å². The van der Waals surface area contributed by atoms with Crippen LogP contribution in [0.25, 0.3) is 10.9 Å². The van der Waals surface area contributed by atoms with Gasteiger partial charge in [-0.3, -0.25) is 23.9 Å². The van der Waals surface area contributed by atoms with Crippen molar-refractivity contribution in [2.24, 2.45) is 0 Å². The first-order valence-corrected chi connectivity index (χ1v) is 11.5. The lowest BCUT2D eigenvalue weighted by Gasteiger charge is -2.17. The van der Waals surface area contributed by atoms with Gasteiger partial charge < -0.3 is 9.47 Å². The largest absolute Gasteiger partial charge is 0.491 e. The average molecular weight is 485 g/mol. The Morgan fingerprint density at radius 3 is 2.14 bits per heavy atom. The molecule has 0 aliphatic carbocycles. The van der Waals surface area contributed by atoms with Crippen LogP contribution in [0.2, 0.25) is 0 Å². The number of pyridine rings is 1. The van der Waals surface area contributed by atoms with E-state index in [-0.39, 0.29) is 30.3 Å². The maximum absolute atomic E-state index is 13.4. The Kier molecular flexibility index (Phi) is 6.20. The Labute approximate surface area is 206 Å². The van der Waals surface area contributed by atoms with E-state index in [4.69, 9.17) is 14.5 Å². The lowest BCUT2D eigenvalue weighted by Crippen LogP contribution is -2.34. The van der Waals surface area contributed by atoms with Crippen molar-refractivity contribution in [3.63, 3.8) is 0 Å². The maximum atomic E-state index is 13.4. The number of fused-ring (bicyclic) bond motifs is 2. The molecule has 0 saturated carbocycles. The molecule has 5 rings (SSSR count). The summed E-state index contributed by atoms with van der Waals surface area (Å²) < 4.78 is 12.1. The fraction of sp³-hybridized carbons (Fsp3) is 0.222. The van der Waals surface area contributed by atoms with E-state index in [0.717, 1.165) is 5.69 Å². The van der Waals surface area contributed by atoms with Crippen LogP contribution in [-0.2, 0) is 19.4 Å². The van der Waals surface area contributed by atoms with E-state index in [2.05, 4.69) is 4.98 Å². The molecule has 36 heavy (non-hydrogen) atoms. The Balaban J connectivity index is 1.44. The molecule has 1 aliphatic rings. The number of rotatable bonds is 8. The van der Waals surface area contributed by atoms with E-state index < -0.39 is 0 Å². The molecule has 0 radical (unpaired) electrons. The van der Waals surface area contributed by atoms with Crippen LogP contribution >= 0.6 is 0 Å². The molecule has 4 aromatic rings. The fourth-order valence-corrected chi connectivity index (χ4v) is 4.42. The van der Waals surface area contributed by atoms with E-state index in [9.17, 15) is 14.4 Å². The number of hydrogen-bond donors (Lipinski definition) is 0. The van der Waals surface area contributed by atoms with Gasteiger partial charge in [-0.15, -0.1) is 0 Å². The van der Waals surface area contributed by atoms with E-state index in [1.54, 1.807) is 60.2 Å². The predicted molar refractivity (Wildman–Crippen MR) is 133 cm³/mol. The lowest BCUT2D eigenvalue weighted by atomic mass is 10.1. The van der Waals surface area contributed by atoms with Crippen LogP contribution in [0.1, 0.15) is 32.2 Å². The zero-order valence-electron chi connectivity index (χ0n) is 19.9. The lowest BCUT2D eigenvalue weighted by molar-refractivity contribution is 0.0655. The quantitative estimate of drug-likeness (QED) is 0.354.